The molecule has 0 aromatic heterocycles. The number of aliphatic hydroxyl groups is 1. The molecule has 0 radical (unpaired) electrons. The van der Waals surface area contributed by atoms with Gasteiger partial charge >= 0.3 is 0 Å². The van der Waals surface area contributed by atoms with Crippen LogP contribution in [-0.2, 0) is 0 Å². The Bertz CT molecular complexity index is 80.5. The molecule has 1 rings (SSSR count). The van der Waals surface area contributed by atoms with Crippen molar-refractivity contribution in [3.63, 3.8) is 0 Å². The highest BCUT2D eigenvalue weighted by atomic mass is 35.5. The van der Waals surface area contributed by atoms with Gasteiger partial charge in [-0.25, -0.2) is 0 Å². The standard InChI is InChI=1S/C5H11NO.ClH/c1-4(6)5(7)2-3-5;/h4,7H,2-3,6H2,1H3;1H. The average Bonchev–Trinajstić information content (AvgIpc) is 2.21. The third-order valence-electron chi connectivity index (χ3n) is 1.61. The van der Waals surface area contributed by atoms with Crippen molar-refractivity contribution in [1.82, 2.24) is 0 Å². The van der Waals surface area contributed by atoms with Crippen molar-refractivity contribution in [2.75, 3.05) is 0 Å². The summed E-state index contributed by atoms with van der Waals surface area (Å²) in [5, 5.41) is 9.08. The van der Waals surface area contributed by atoms with Crippen LogP contribution in [0, 0.1) is 0 Å². The molecule has 2 nitrogen and oxygen atoms in total. The van der Waals surface area contributed by atoms with Crippen LogP contribution >= 0.6 is 12.4 Å². The van der Waals surface area contributed by atoms with E-state index in [-0.39, 0.29) is 18.4 Å². The van der Waals surface area contributed by atoms with E-state index in [9.17, 15) is 0 Å². The van der Waals surface area contributed by atoms with Crippen LogP contribution in [-0.4, -0.2) is 16.7 Å². The molecule has 0 heterocycles. The number of halogens is 1. The van der Waals surface area contributed by atoms with Crippen LogP contribution in [0.2, 0.25) is 0 Å². The second kappa shape index (κ2) is 2.21. The molecule has 0 saturated heterocycles. The zero-order valence-corrected chi connectivity index (χ0v) is 5.74. The van der Waals surface area contributed by atoms with E-state index in [1.165, 1.54) is 0 Å². The first-order valence-electron chi connectivity index (χ1n) is 2.63. The van der Waals surface area contributed by atoms with Crippen molar-refractivity contribution in [2.45, 2.75) is 31.4 Å². The maximum absolute atomic E-state index is 9.08. The highest BCUT2D eigenvalue weighted by Gasteiger charge is 2.43. The molecule has 0 aromatic carbocycles. The van der Waals surface area contributed by atoms with E-state index in [0.717, 1.165) is 12.8 Å². The lowest BCUT2D eigenvalue weighted by Crippen LogP contribution is -2.32. The minimum Gasteiger partial charge on any atom is -0.388 e. The van der Waals surface area contributed by atoms with E-state index in [0.29, 0.717) is 0 Å². The largest absolute Gasteiger partial charge is 0.388 e. The van der Waals surface area contributed by atoms with Crippen LogP contribution in [0.25, 0.3) is 0 Å². The molecule has 0 bridgehead atoms. The minimum absolute atomic E-state index is 0. The quantitative estimate of drug-likeness (QED) is 0.546. The summed E-state index contributed by atoms with van der Waals surface area (Å²) in [6.45, 7) is 1.84. The Morgan fingerprint density at radius 2 is 2.00 bits per heavy atom. The third-order valence-corrected chi connectivity index (χ3v) is 1.61. The SMILES string of the molecule is CC(N)C1(O)CC1.Cl. The van der Waals surface area contributed by atoms with E-state index in [4.69, 9.17) is 10.8 Å². The smallest absolute Gasteiger partial charge is 0.0797 e. The molecule has 1 unspecified atom stereocenters. The van der Waals surface area contributed by atoms with Gasteiger partial charge in [0.15, 0.2) is 0 Å². The number of rotatable bonds is 1. The molecule has 1 fully saturated rings. The number of hydrogen-bond donors (Lipinski definition) is 2. The molecule has 8 heavy (non-hydrogen) atoms. The molecule has 3 heteroatoms. The van der Waals surface area contributed by atoms with Crippen LogP contribution in [0.4, 0.5) is 0 Å². The Morgan fingerprint density at radius 1 is 1.62 bits per heavy atom. The van der Waals surface area contributed by atoms with Gasteiger partial charge in [-0.1, -0.05) is 0 Å². The van der Waals surface area contributed by atoms with Crippen molar-refractivity contribution >= 4 is 12.4 Å². The van der Waals surface area contributed by atoms with E-state index in [2.05, 4.69) is 0 Å². The fourth-order valence-corrected chi connectivity index (χ4v) is 0.583. The van der Waals surface area contributed by atoms with Crippen molar-refractivity contribution in [2.24, 2.45) is 5.73 Å². The third kappa shape index (κ3) is 1.34. The highest BCUT2D eigenvalue weighted by molar-refractivity contribution is 5.85. The lowest BCUT2D eigenvalue weighted by Gasteiger charge is -2.09. The molecule has 0 spiro atoms. The lowest BCUT2D eigenvalue weighted by molar-refractivity contribution is 0.126. The van der Waals surface area contributed by atoms with Gasteiger partial charge in [-0.2, -0.15) is 0 Å². The van der Waals surface area contributed by atoms with E-state index in [1.54, 1.807) is 0 Å². The maximum atomic E-state index is 9.08. The zero-order valence-electron chi connectivity index (χ0n) is 4.92. The number of hydrogen-bond acceptors (Lipinski definition) is 2. The van der Waals surface area contributed by atoms with Crippen LogP contribution in [0.1, 0.15) is 19.8 Å². The summed E-state index contributed by atoms with van der Waals surface area (Å²) in [7, 11) is 0. The van der Waals surface area contributed by atoms with Gasteiger partial charge in [0.25, 0.3) is 0 Å². The molecule has 1 saturated carbocycles. The van der Waals surface area contributed by atoms with Crippen molar-refractivity contribution in [3.8, 4) is 0 Å². The topological polar surface area (TPSA) is 46.2 Å². The highest BCUT2D eigenvalue weighted by Crippen LogP contribution is 2.36. The van der Waals surface area contributed by atoms with Gasteiger partial charge in [0.1, 0.15) is 0 Å². The molecule has 1 atom stereocenters. The van der Waals surface area contributed by atoms with Crippen LogP contribution in [0.5, 0.6) is 0 Å². The zero-order chi connectivity index (χ0) is 5.49. The van der Waals surface area contributed by atoms with Crippen molar-refractivity contribution in [3.05, 3.63) is 0 Å². The first kappa shape index (κ1) is 8.21. The molecule has 0 aliphatic heterocycles. The summed E-state index contributed by atoms with van der Waals surface area (Å²) in [6.07, 6.45) is 1.79. The second-order valence-electron chi connectivity index (χ2n) is 2.39. The summed E-state index contributed by atoms with van der Waals surface area (Å²) in [5.41, 5.74) is 4.91. The monoisotopic (exact) mass is 137 g/mol. The van der Waals surface area contributed by atoms with Gasteiger partial charge in [-0.3, -0.25) is 0 Å². The van der Waals surface area contributed by atoms with Gasteiger partial charge in [0.05, 0.1) is 5.60 Å². The molecular formula is C5H12ClNO. The van der Waals surface area contributed by atoms with E-state index in [1.807, 2.05) is 6.92 Å². The molecule has 0 amide bonds. The Labute approximate surface area is 55.5 Å². The summed E-state index contributed by atoms with van der Waals surface area (Å²) < 4.78 is 0. The summed E-state index contributed by atoms with van der Waals surface area (Å²) in [4.78, 5) is 0. The van der Waals surface area contributed by atoms with Crippen LogP contribution in [0.15, 0.2) is 0 Å². The molecule has 1 aliphatic carbocycles. The van der Waals surface area contributed by atoms with Gasteiger partial charge in [0.2, 0.25) is 0 Å². The maximum Gasteiger partial charge on any atom is 0.0797 e. The lowest BCUT2D eigenvalue weighted by atomic mass is 10.2. The van der Waals surface area contributed by atoms with Gasteiger partial charge in [-0.15, -0.1) is 12.4 Å². The van der Waals surface area contributed by atoms with Crippen molar-refractivity contribution in [1.29, 1.82) is 0 Å². The predicted molar refractivity (Wildman–Crippen MR) is 35.1 cm³/mol. The van der Waals surface area contributed by atoms with Crippen LogP contribution < -0.4 is 5.73 Å². The van der Waals surface area contributed by atoms with E-state index >= 15 is 0 Å². The Kier molecular flexibility index (Phi) is 2.27. The average molecular weight is 138 g/mol. The van der Waals surface area contributed by atoms with Gasteiger partial charge < -0.3 is 10.8 Å². The first-order valence-corrected chi connectivity index (χ1v) is 2.63. The summed E-state index contributed by atoms with van der Waals surface area (Å²) >= 11 is 0. The molecular weight excluding hydrogens is 126 g/mol. The fraction of sp³-hybridized carbons (Fsp3) is 1.00. The predicted octanol–water partition coefficient (Wildman–Crippen LogP) is 0.280. The first-order chi connectivity index (χ1) is 3.15. The summed E-state index contributed by atoms with van der Waals surface area (Å²) in [5.74, 6) is 0. The second-order valence-corrected chi connectivity index (χ2v) is 2.39. The Hall–Kier alpha value is 0.210. The Balaban J connectivity index is 0.000000490. The van der Waals surface area contributed by atoms with Crippen LogP contribution in [0.3, 0.4) is 0 Å². The van der Waals surface area contributed by atoms with Gasteiger partial charge in [-0.05, 0) is 19.8 Å². The van der Waals surface area contributed by atoms with E-state index < -0.39 is 5.60 Å². The molecule has 50 valence electrons. The normalized spacial score (nSPS) is 25.9. The molecule has 3 N–H and O–H groups in total. The minimum atomic E-state index is -0.472. The Morgan fingerprint density at radius 3 is 2.00 bits per heavy atom. The fourth-order valence-electron chi connectivity index (χ4n) is 0.583. The van der Waals surface area contributed by atoms with Gasteiger partial charge in [0, 0.05) is 6.04 Å². The van der Waals surface area contributed by atoms with Crippen molar-refractivity contribution < 1.29 is 5.11 Å². The summed E-state index contributed by atoms with van der Waals surface area (Å²) in [6, 6.07) is -0.0347. The molecule has 0 aromatic rings. The molecule has 1 aliphatic rings. The number of nitrogens with two attached hydrogens (primary N) is 1.